The van der Waals surface area contributed by atoms with Crippen molar-refractivity contribution in [2.75, 3.05) is 6.61 Å². The molecule has 1 amide bonds. The maximum atomic E-state index is 12.9. The number of nitrogens with zero attached hydrogens (tertiary/aromatic N) is 2. The Bertz CT molecular complexity index is 1380. The number of hydrogen-bond acceptors (Lipinski definition) is 5. The maximum Gasteiger partial charge on any atom is 0.407 e. The molecule has 176 valence electrons. The SMILES string of the molecule is CCOC(=O)c1c(CNC(=O)OC(C)(C)C)n(C)c2cc(-c3cccc4ncccc34)ccc12. The van der Waals surface area contributed by atoms with Crippen LogP contribution in [-0.2, 0) is 23.1 Å². The Morgan fingerprint density at radius 3 is 2.59 bits per heavy atom. The van der Waals surface area contributed by atoms with Crippen LogP contribution in [0, 0.1) is 0 Å². The number of aromatic nitrogens is 2. The van der Waals surface area contributed by atoms with Crippen molar-refractivity contribution in [3.8, 4) is 11.1 Å². The monoisotopic (exact) mass is 459 g/mol. The summed E-state index contributed by atoms with van der Waals surface area (Å²) in [6, 6.07) is 16.0. The molecule has 2 heterocycles. The van der Waals surface area contributed by atoms with Gasteiger partial charge in [0.2, 0.25) is 0 Å². The number of alkyl carbamates (subject to hydrolysis) is 1. The number of esters is 1. The Hall–Kier alpha value is -3.87. The van der Waals surface area contributed by atoms with E-state index in [0.717, 1.165) is 32.9 Å². The molecule has 0 radical (unpaired) electrons. The molecule has 0 fully saturated rings. The van der Waals surface area contributed by atoms with Crippen molar-refractivity contribution in [2.45, 2.75) is 39.8 Å². The fraction of sp³-hybridized carbons (Fsp3) is 0.296. The molecule has 0 atom stereocenters. The van der Waals surface area contributed by atoms with Crippen LogP contribution in [0.3, 0.4) is 0 Å². The fourth-order valence-corrected chi connectivity index (χ4v) is 4.12. The minimum atomic E-state index is -0.616. The summed E-state index contributed by atoms with van der Waals surface area (Å²) in [7, 11) is 1.88. The number of fused-ring (bicyclic) bond motifs is 2. The molecule has 0 unspecified atom stereocenters. The van der Waals surface area contributed by atoms with Crippen molar-refractivity contribution in [1.82, 2.24) is 14.9 Å². The summed E-state index contributed by atoms with van der Waals surface area (Å²) >= 11 is 0. The van der Waals surface area contributed by atoms with Crippen molar-refractivity contribution >= 4 is 33.9 Å². The number of ether oxygens (including phenoxy) is 2. The summed E-state index contributed by atoms with van der Waals surface area (Å²) in [6.07, 6.45) is 1.23. The minimum Gasteiger partial charge on any atom is -0.462 e. The number of hydrogen-bond donors (Lipinski definition) is 1. The predicted octanol–water partition coefficient (Wildman–Crippen LogP) is 5.59. The molecule has 0 saturated carbocycles. The number of carbonyl (C=O) groups excluding carboxylic acids is 2. The maximum absolute atomic E-state index is 12.9. The molecule has 0 spiro atoms. The van der Waals surface area contributed by atoms with E-state index in [1.807, 2.05) is 48.0 Å². The molecule has 4 aromatic rings. The van der Waals surface area contributed by atoms with Gasteiger partial charge in [-0.15, -0.1) is 0 Å². The Balaban J connectivity index is 1.80. The number of amides is 1. The number of benzene rings is 2. The lowest BCUT2D eigenvalue weighted by Gasteiger charge is -2.20. The topological polar surface area (TPSA) is 82.5 Å². The third kappa shape index (κ3) is 4.59. The van der Waals surface area contributed by atoms with Crippen LogP contribution in [0.4, 0.5) is 4.79 Å². The van der Waals surface area contributed by atoms with Gasteiger partial charge in [0.15, 0.2) is 0 Å². The lowest BCUT2D eigenvalue weighted by molar-refractivity contribution is 0.0502. The molecule has 2 aromatic carbocycles. The van der Waals surface area contributed by atoms with Crippen molar-refractivity contribution < 1.29 is 19.1 Å². The van der Waals surface area contributed by atoms with Gasteiger partial charge < -0.3 is 19.4 Å². The van der Waals surface area contributed by atoms with Gasteiger partial charge in [0.05, 0.1) is 29.9 Å². The van der Waals surface area contributed by atoms with E-state index in [4.69, 9.17) is 9.47 Å². The van der Waals surface area contributed by atoms with Crippen LogP contribution in [0.5, 0.6) is 0 Å². The first-order valence-corrected chi connectivity index (χ1v) is 11.3. The molecule has 0 bridgehead atoms. The van der Waals surface area contributed by atoms with E-state index in [9.17, 15) is 9.59 Å². The lowest BCUT2D eigenvalue weighted by Crippen LogP contribution is -2.33. The zero-order chi connectivity index (χ0) is 24.5. The van der Waals surface area contributed by atoms with E-state index < -0.39 is 17.7 Å². The van der Waals surface area contributed by atoms with Gasteiger partial charge in [-0.1, -0.05) is 30.3 Å². The van der Waals surface area contributed by atoms with E-state index in [1.54, 1.807) is 33.9 Å². The first kappa shape index (κ1) is 23.3. The minimum absolute atomic E-state index is 0.127. The van der Waals surface area contributed by atoms with E-state index >= 15 is 0 Å². The molecular formula is C27H29N3O4. The summed E-state index contributed by atoms with van der Waals surface area (Å²) in [4.78, 5) is 29.6. The lowest BCUT2D eigenvalue weighted by atomic mass is 9.99. The molecule has 0 aliphatic heterocycles. The van der Waals surface area contributed by atoms with E-state index in [0.29, 0.717) is 11.3 Å². The highest BCUT2D eigenvalue weighted by Crippen LogP contribution is 2.33. The largest absolute Gasteiger partial charge is 0.462 e. The van der Waals surface area contributed by atoms with Crippen molar-refractivity contribution in [3.63, 3.8) is 0 Å². The van der Waals surface area contributed by atoms with Gasteiger partial charge in [0.1, 0.15) is 5.60 Å². The van der Waals surface area contributed by atoms with Crippen molar-refractivity contribution in [2.24, 2.45) is 7.05 Å². The molecule has 0 saturated heterocycles. The fourth-order valence-electron chi connectivity index (χ4n) is 4.12. The summed E-state index contributed by atoms with van der Waals surface area (Å²) in [5.41, 5.74) is 4.32. The number of aryl methyl sites for hydroxylation is 1. The Morgan fingerprint density at radius 1 is 1.06 bits per heavy atom. The van der Waals surface area contributed by atoms with E-state index in [1.165, 1.54) is 0 Å². The highest BCUT2D eigenvalue weighted by molar-refractivity contribution is 6.07. The second kappa shape index (κ2) is 9.17. The number of pyridine rings is 1. The highest BCUT2D eigenvalue weighted by Gasteiger charge is 2.24. The molecule has 0 aliphatic rings. The molecule has 4 rings (SSSR count). The molecular weight excluding hydrogens is 430 g/mol. The second-order valence-corrected chi connectivity index (χ2v) is 9.06. The van der Waals surface area contributed by atoms with Crippen molar-refractivity contribution in [3.05, 3.63) is 66.0 Å². The van der Waals surface area contributed by atoms with Crippen LogP contribution in [-0.4, -0.2) is 33.8 Å². The van der Waals surface area contributed by atoms with Crippen LogP contribution in [0.15, 0.2) is 54.7 Å². The van der Waals surface area contributed by atoms with Crippen molar-refractivity contribution in [1.29, 1.82) is 0 Å². The molecule has 1 N–H and O–H groups in total. The van der Waals surface area contributed by atoms with Crippen LogP contribution >= 0.6 is 0 Å². The highest BCUT2D eigenvalue weighted by atomic mass is 16.6. The third-order valence-corrected chi connectivity index (χ3v) is 5.56. The van der Waals surface area contributed by atoms with Gasteiger partial charge in [0.25, 0.3) is 0 Å². The molecule has 0 aliphatic carbocycles. The number of nitrogens with one attached hydrogen (secondary N) is 1. The van der Waals surface area contributed by atoms with E-state index in [-0.39, 0.29) is 13.2 Å². The van der Waals surface area contributed by atoms with Gasteiger partial charge in [-0.3, -0.25) is 4.98 Å². The van der Waals surface area contributed by atoms with E-state index in [2.05, 4.69) is 22.4 Å². The first-order valence-electron chi connectivity index (χ1n) is 11.3. The zero-order valence-electron chi connectivity index (χ0n) is 20.1. The predicted molar refractivity (Wildman–Crippen MR) is 133 cm³/mol. The third-order valence-electron chi connectivity index (χ3n) is 5.56. The summed E-state index contributed by atoms with van der Waals surface area (Å²) in [5.74, 6) is -0.420. The van der Waals surface area contributed by atoms with Crippen LogP contribution in [0.2, 0.25) is 0 Å². The van der Waals surface area contributed by atoms with Crippen LogP contribution in [0.1, 0.15) is 43.7 Å². The second-order valence-electron chi connectivity index (χ2n) is 9.06. The number of rotatable bonds is 5. The average Bonchev–Trinajstić information content (AvgIpc) is 3.07. The van der Waals surface area contributed by atoms with Crippen LogP contribution in [0.25, 0.3) is 32.9 Å². The standard InChI is InChI=1S/C27H29N3O4/c1-6-33-25(31)24-20-13-12-17(18-9-7-11-21-19(18)10-8-14-28-21)15-22(20)30(5)23(24)16-29-26(32)34-27(2,3)4/h7-15H,6,16H2,1-5H3,(H,29,32). The quantitative estimate of drug-likeness (QED) is 0.393. The Labute approximate surface area is 198 Å². The first-order chi connectivity index (χ1) is 16.2. The normalized spacial score (nSPS) is 11.6. The van der Waals surface area contributed by atoms with Crippen LogP contribution < -0.4 is 5.32 Å². The molecule has 7 heteroatoms. The summed E-state index contributed by atoms with van der Waals surface area (Å²) in [6.45, 7) is 7.57. The van der Waals surface area contributed by atoms with Gasteiger partial charge in [-0.2, -0.15) is 0 Å². The zero-order valence-corrected chi connectivity index (χ0v) is 20.1. The van der Waals surface area contributed by atoms with Gasteiger partial charge in [-0.25, -0.2) is 9.59 Å². The van der Waals surface area contributed by atoms with Gasteiger partial charge in [-0.05, 0) is 57.0 Å². The Morgan fingerprint density at radius 2 is 1.85 bits per heavy atom. The smallest absolute Gasteiger partial charge is 0.407 e. The average molecular weight is 460 g/mol. The summed E-state index contributed by atoms with van der Waals surface area (Å²) < 4.78 is 12.6. The molecule has 2 aromatic heterocycles. The van der Waals surface area contributed by atoms with Gasteiger partial charge >= 0.3 is 12.1 Å². The molecule has 7 nitrogen and oxygen atoms in total. The summed E-state index contributed by atoms with van der Waals surface area (Å²) in [5, 5.41) is 4.59. The molecule has 34 heavy (non-hydrogen) atoms. The van der Waals surface area contributed by atoms with Gasteiger partial charge in [0, 0.05) is 29.5 Å². The number of carbonyl (C=O) groups is 2. The Kier molecular flexibility index (Phi) is 6.28.